The standard InChI is InChI=1S/C14H22/c1-5-7(2)8(3)9(4)10-6-13-11-12(13)14(10,11)13/h7-12H,5-6H2,1-4H3. The molecule has 0 amide bonds. The molecule has 5 fully saturated rings. The van der Waals surface area contributed by atoms with Crippen LogP contribution in [0, 0.1) is 46.3 Å². The van der Waals surface area contributed by atoms with Crippen LogP contribution >= 0.6 is 0 Å². The van der Waals surface area contributed by atoms with Crippen LogP contribution in [0.15, 0.2) is 0 Å². The van der Waals surface area contributed by atoms with Gasteiger partial charge in [-0.3, -0.25) is 0 Å². The molecule has 0 radical (unpaired) electrons. The van der Waals surface area contributed by atoms with E-state index in [9.17, 15) is 0 Å². The van der Waals surface area contributed by atoms with Gasteiger partial charge in [0.25, 0.3) is 0 Å². The molecule has 0 nitrogen and oxygen atoms in total. The summed E-state index contributed by atoms with van der Waals surface area (Å²) in [5.74, 6) is 6.62. The van der Waals surface area contributed by atoms with E-state index in [1.54, 1.807) is 6.42 Å². The van der Waals surface area contributed by atoms with Crippen molar-refractivity contribution in [1.29, 1.82) is 0 Å². The Labute approximate surface area is 87.5 Å². The van der Waals surface area contributed by atoms with E-state index in [4.69, 9.17) is 0 Å². The second kappa shape index (κ2) is 1.83. The molecule has 0 heteroatoms. The van der Waals surface area contributed by atoms with Crippen molar-refractivity contribution in [1.82, 2.24) is 0 Å². The summed E-state index contributed by atoms with van der Waals surface area (Å²) >= 11 is 0. The Morgan fingerprint density at radius 2 is 1.86 bits per heavy atom. The van der Waals surface area contributed by atoms with Gasteiger partial charge in [-0.25, -0.2) is 0 Å². The molecule has 6 atom stereocenters. The highest BCUT2D eigenvalue weighted by Gasteiger charge is 3.24. The van der Waals surface area contributed by atoms with Gasteiger partial charge in [-0.05, 0) is 52.8 Å². The van der Waals surface area contributed by atoms with E-state index in [0.29, 0.717) is 0 Å². The lowest BCUT2D eigenvalue weighted by molar-refractivity contribution is 0.120. The highest BCUT2D eigenvalue weighted by molar-refractivity contribution is 5.70. The first-order valence-electron chi connectivity index (χ1n) is 6.64. The van der Waals surface area contributed by atoms with Gasteiger partial charge >= 0.3 is 0 Å². The molecule has 5 aliphatic carbocycles. The molecule has 2 spiro atoms. The number of hydrogen-bond donors (Lipinski definition) is 0. The van der Waals surface area contributed by atoms with Gasteiger partial charge in [0, 0.05) is 0 Å². The highest BCUT2D eigenvalue weighted by Crippen LogP contribution is 3.27. The first-order chi connectivity index (χ1) is 6.64. The van der Waals surface area contributed by atoms with Crippen molar-refractivity contribution < 1.29 is 0 Å². The van der Waals surface area contributed by atoms with E-state index >= 15 is 0 Å². The first-order valence-corrected chi connectivity index (χ1v) is 6.64. The van der Waals surface area contributed by atoms with Crippen LogP contribution in [-0.4, -0.2) is 0 Å². The van der Waals surface area contributed by atoms with Crippen LogP contribution in [0.1, 0.15) is 40.5 Å². The molecule has 78 valence electrons. The van der Waals surface area contributed by atoms with Crippen molar-refractivity contribution in [3.8, 4) is 0 Å². The Morgan fingerprint density at radius 3 is 2.21 bits per heavy atom. The second-order valence-corrected chi connectivity index (χ2v) is 6.84. The van der Waals surface area contributed by atoms with Gasteiger partial charge in [0.05, 0.1) is 0 Å². The zero-order chi connectivity index (χ0) is 9.88. The summed E-state index contributed by atoms with van der Waals surface area (Å²) in [4.78, 5) is 0. The quantitative estimate of drug-likeness (QED) is 0.635. The lowest BCUT2D eigenvalue weighted by Gasteiger charge is -2.36. The molecule has 14 heavy (non-hydrogen) atoms. The zero-order valence-electron chi connectivity index (χ0n) is 9.88. The number of hydrogen-bond acceptors (Lipinski definition) is 0. The summed E-state index contributed by atoms with van der Waals surface area (Å²) in [6, 6.07) is 0. The maximum atomic E-state index is 2.54. The Balaban J connectivity index is 1.46. The molecule has 6 unspecified atom stereocenters. The summed E-state index contributed by atoms with van der Waals surface area (Å²) in [7, 11) is 0. The third-order valence-electron chi connectivity index (χ3n) is 7.07. The minimum atomic E-state index is 0.934. The molecule has 0 aliphatic heterocycles. The molecule has 0 N–H and O–H groups in total. The van der Waals surface area contributed by atoms with E-state index in [1.165, 1.54) is 18.3 Å². The van der Waals surface area contributed by atoms with Crippen LogP contribution in [-0.2, 0) is 0 Å². The SMILES string of the molecule is CCC(C)C(C)C(C)C1CC23C4C2C143. The molecular formula is C14H22. The van der Waals surface area contributed by atoms with Crippen LogP contribution < -0.4 is 0 Å². The van der Waals surface area contributed by atoms with Gasteiger partial charge in [-0.15, -0.1) is 0 Å². The van der Waals surface area contributed by atoms with Crippen molar-refractivity contribution in [3.63, 3.8) is 0 Å². The van der Waals surface area contributed by atoms with Gasteiger partial charge in [0.1, 0.15) is 0 Å². The van der Waals surface area contributed by atoms with E-state index < -0.39 is 0 Å². The van der Waals surface area contributed by atoms with Crippen LogP contribution in [0.2, 0.25) is 0 Å². The predicted octanol–water partition coefficient (Wildman–Crippen LogP) is 3.57. The van der Waals surface area contributed by atoms with Crippen molar-refractivity contribution in [2.45, 2.75) is 40.5 Å². The van der Waals surface area contributed by atoms with Crippen LogP contribution in [0.3, 0.4) is 0 Å². The van der Waals surface area contributed by atoms with Crippen molar-refractivity contribution in [3.05, 3.63) is 0 Å². The second-order valence-electron chi connectivity index (χ2n) is 6.84. The summed E-state index contributed by atoms with van der Waals surface area (Å²) in [5, 5.41) is 0. The van der Waals surface area contributed by atoms with Gasteiger partial charge in [0.2, 0.25) is 0 Å². The minimum Gasteiger partial charge on any atom is -0.0651 e. The lowest BCUT2D eigenvalue weighted by Crippen LogP contribution is -2.30. The fourth-order valence-corrected chi connectivity index (χ4v) is 5.36. The van der Waals surface area contributed by atoms with Crippen LogP contribution in [0.4, 0.5) is 0 Å². The molecule has 0 aromatic heterocycles. The summed E-state index contributed by atoms with van der Waals surface area (Å²) in [6.07, 6.45) is 2.99. The maximum absolute atomic E-state index is 2.54. The fourth-order valence-electron chi connectivity index (χ4n) is 5.36. The largest absolute Gasteiger partial charge is 0.0651 e. The average Bonchev–Trinajstić information content (AvgIpc) is 3.05. The molecule has 0 aromatic rings. The van der Waals surface area contributed by atoms with Crippen molar-refractivity contribution >= 4 is 0 Å². The third-order valence-corrected chi connectivity index (χ3v) is 7.07. The van der Waals surface area contributed by atoms with Crippen LogP contribution in [0.25, 0.3) is 0 Å². The van der Waals surface area contributed by atoms with Crippen molar-refractivity contribution in [2.75, 3.05) is 0 Å². The summed E-state index contributed by atoms with van der Waals surface area (Å²) < 4.78 is 0. The summed E-state index contributed by atoms with van der Waals surface area (Å²) in [5.41, 5.74) is 2.06. The molecule has 0 saturated heterocycles. The molecule has 5 aliphatic rings. The predicted molar refractivity (Wildman–Crippen MR) is 57.7 cm³/mol. The topological polar surface area (TPSA) is 0 Å². The van der Waals surface area contributed by atoms with Gasteiger partial charge in [-0.1, -0.05) is 34.1 Å². The van der Waals surface area contributed by atoms with E-state index in [1.807, 2.05) is 0 Å². The molecule has 0 bridgehead atoms. The summed E-state index contributed by atoms with van der Waals surface area (Å²) in [6.45, 7) is 9.82. The Kier molecular flexibility index (Phi) is 1.07. The molecule has 5 saturated carbocycles. The Hall–Kier alpha value is 0. The number of rotatable bonds is 4. The van der Waals surface area contributed by atoms with Gasteiger partial charge in [0.15, 0.2) is 0 Å². The maximum Gasteiger partial charge on any atom is -0.0130 e. The normalized spacial score (nSPS) is 65.6. The fraction of sp³-hybridized carbons (Fsp3) is 1.00. The van der Waals surface area contributed by atoms with E-state index in [0.717, 1.165) is 34.5 Å². The Bertz CT molecular complexity index is 306. The molecule has 0 aromatic carbocycles. The molecular weight excluding hydrogens is 168 g/mol. The van der Waals surface area contributed by atoms with E-state index in [2.05, 4.69) is 27.7 Å². The van der Waals surface area contributed by atoms with E-state index in [-0.39, 0.29) is 0 Å². The van der Waals surface area contributed by atoms with Gasteiger partial charge < -0.3 is 0 Å². The minimum absolute atomic E-state index is 0.934. The molecule has 5 rings (SSSR count). The van der Waals surface area contributed by atoms with Gasteiger partial charge in [-0.2, -0.15) is 0 Å². The zero-order valence-corrected chi connectivity index (χ0v) is 9.88. The first kappa shape index (κ1) is 8.19. The van der Waals surface area contributed by atoms with Crippen molar-refractivity contribution in [2.24, 2.45) is 46.3 Å². The third kappa shape index (κ3) is 0.498. The lowest BCUT2D eigenvalue weighted by atomic mass is 9.68. The average molecular weight is 190 g/mol. The Morgan fingerprint density at radius 1 is 1.21 bits per heavy atom. The monoisotopic (exact) mass is 190 g/mol. The smallest absolute Gasteiger partial charge is 0.0130 e. The highest BCUT2D eigenvalue weighted by atomic mass is 15.3. The molecule has 0 heterocycles. The van der Waals surface area contributed by atoms with Crippen LogP contribution in [0.5, 0.6) is 0 Å².